The van der Waals surface area contributed by atoms with Crippen LogP contribution in [-0.4, -0.2) is 51.9 Å². The number of rotatable bonds is 11. The van der Waals surface area contributed by atoms with Gasteiger partial charge in [-0.25, -0.2) is 0 Å². The van der Waals surface area contributed by atoms with E-state index in [1.807, 2.05) is 13.8 Å². The second-order valence-electron chi connectivity index (χ2n) is 4.24. The molecule has 0 radical (unpaired) electrons. The van der Waals surface area contributed by atoms with Gasteiger partial charge in [-0.3, -0.25) is 9.79 Å². The van der Waals surface area contributed by atoms with Crippen molar-refractivity contribution in [1.82, 2.24) is 10.6 Å². The molecule has 0 heterocycles. The number of unbranched alkanes of at least 4 members (excludes halogenated alkanes) is 1. The van der Waals surface area contributed by atoms with Crippen LogP contribution in [0.15, 0.2) is 4.99 Å². The van der Waals surface area contributed by atoms with E-state index in [0.717, 1.165) is 45.0 Å². The van der Waals surface area contributed by atoms with E-state index in [1.54, 1.807) is 7.05 Å². The minimum Gasteiger partial charge on any atom is -0.466 e. The Morgan fingerprint density at radius 2 is 1.75 bits per heavy atom. The number of aliphatic imine (C=N–C) groups is 1. The average molecular weight is 287 g/mol. The first-order chi connectivity index (χ1) is 9.74. The molecular weight excluding hydrogens is 258 g/mol. The van der Waals surface area contributed by atoms with E-state index in [4.69, 9.17) is 9.47 Å². The van der Waals surface area contributed by atoms with Crippen LogP contribution in [0.2, 0.25) is 0 Å². The van der Waals surface area contributed by atoms with Crippen molar-refractivity contribution in [3.8, 4) is 0 Å². The number of nitrogens with zero attached hydrogens (tertiary/aromatic N) is 1. The van der Waals surface area contributed by atoms with Gasteiger partial charge in [-0.15, -0.1) is 0 Å². The van der Waals surface area contributed by atoms with Crippen molar-refractivity contribution >= 4 is 11.9 Å². The Bertz CT molecular complexity index is 270. The second-order valence-corrected chi connectivity index (χ2v) is 4.24. The first-order valence-corrected chi connectivity index (χ1v) is 7.42. The zero-order chi connectivity index (χ0) is 15.1. The normalized spacial score (nSPS) is 11.2. The van der Waals surface area contributed by atoms with Crippen LogP contribution in [0.1, 0.15) is 39.5 Å². The Labute approximate surface area is 122 Å². The molecule has 0 spiro atoms. The summed E-state index contributed by atoms with van der Waals surface area (Å²) in [5.41, 5.74) is 0. The molecule has 118 valence electrons. The van der Waals surface area contributed by atoms with E-state index in [1.165, 1.54) is 0 Å². The lowest BCUT2D eigenvalue weighted by molar-refractivity contribution is -0.143. The van der Waals surface area contributed by atoms with Crippen LogP contribution >= 0.6 is 0 Å². The fourth-order valence-corrected chi connectivity index (χ4v) is 1.57. The number of nitrogens with one attached hydrogen (secondary N) is 2. The molecule has 0 amide bonds. The number of hydrogen-bond acceptors (Lipinski definition) is 4. The van der Waals surface area contributed by atoms with Gasteiger partial charge in [0.1, 0.15) is 0 Å². The predicted octanol–water partition coefficient (Wildman–Crippen LogP) is 1.31. The SMILES string of the molecule is CCOCCCCNC(=NC)NCCCC(=O)OCC. The van der Waals surface area contributed by atoms with E-state index < -0.39 is 0 Å². The van der Waals surface area contributed by atoms with Gasteiger partial charge in [0, 0.05) is 39.8 Å². The topological polar surface area (TPSA) is 72.0 Å². The quantitative estimate of drug-likeness (QED) is 0.259. The van der Waals surface area contributed by atoms with Crippen LogP contribution in [0.25, 0.3) is 0 Å². The number of guanidine groups is 1. The zero-order valence-electron chi connectivity index (χ0n) is 13.0. The molecule has 2 N–H and O–H groups in total. The molecule has 0 fully saturated rings. The smallest absolute Gasteiger partial charge is 0.305 e. The third-order valence-corrected chi connectivity index (χ3v) is 2.59. The van der Waals surface area contributed by atoms with E-state index in [0.29, 0.717) is 19.6 Å². The highest BCUT2D eigenvalue weighted by Gasteiger charge is 2.01. The van der Waals surface area contributed by atoms with Crippen molar-refractivity contribution < 1.29 is 14.3 Å². The highest BCUT2D eigenvalue weighted by atomic mass is 16.5. The van der Waals surface area contributed by atoms with Crippen molar-refractivity contribution in [2.45, 2.75) is 39.5 Å². The van der Waals surface area contributed by atoms with Gasteiger partial charge < -0.3 is 20.1 Å². The van der Waals surface area contributed by atoms with Gasteiger partial charge in [-0.2, -0.15) is 0 Å². The van der Waals surface area contributed by atoms with Crippen molar-refractivity contribution in [2.24, 2.45) is 4.99 Å². The molecular formula is C14H29N3O3. The zero-order valence-corrected chi connectivity index (χ0v) is 13.0. The average Bonchev–Trinajstić information content (AvgIpc) is 2.45. The molecule has 0 bridgehead atoms. The second kappa shape index (κ2) is 14.1. The minimum atomic E-state index is -0.145. The van der Waals surface area contributed by atoms with Gasteiger partial charge >= 0.3 is 5.97 Å². The lowest BCUT2D eigenvalue weighted by Crippen LogP contribution is -2.38. The molecule has 6 nitrogen and oxygen atoms in total. The van der Waals surface area contributed by atoms with Crippen LogP contribution in [0.4, 0.5) is 0 Å². The number of esters is 1. The molecule has 0 aliphatic heterocycles. The summed E-state index contributed by atoms with van der Waals surface area (Å²) in [7, 11) is 1.74. The van der Waals surface area contributed by atoms with Gasteiger partial charge in [0.25, 0.3) is 0 Å². The van der Waals surface area contributed by atoms with Crippen molar-refractivity contribution in [2.75, 3.05) is 40.0 Å². The molecule has 0 aliphatic rings. The van der Waals surface area contributed by atoms with Crippen molar-refractivity contribution in [3.05, 3.63) is 0 Å². The third-order valence-electron chi connectivity index (χ3n) is 2.59. The first kappa shape index (κ1) is 18.7. The maximum absolute atomic E-state index is 11.1. The summed E-state index contributed by atoms with van der Waals surface area (Å²) in [6.45, 7) is 7.41. The molecule has 0 aromatic heterocycles. The van der Waals surface area contributed by atoms with Crippen LogP contribution in [0.5, 0.6) is 0 Å². The number of carbonyl (C=O) groups is 1. The summed E-state index contributed by atoms with van der Waals surface area (Å²) >= 11 is 0. The van der Waals surface area contributed by atoms with Crippen molar-refractivity contribution in [1.29, 1.82) is 0 Å². The standard InChI is InChI=1S/C14H29N3O3/c1-4-19-12-7-6-10-16-14(15-3)17-11-8-9-13(18)20-5-2/h4-12H2,1-3H3,(H2,15,16,17). The van der Waals surface area contributed by atoms with Crippen molar-refractivity contribution in [3.63, 3.8) is 0 Å². The third kappa shape index (κ3) is 11.8. The van der Waals surface area contributed by atoms with Crippen LogP contribution in [0.3, 0.4) is 0 Å². The highest BCUT2D eigenvalue weighted by molar-refractivity contribution is 5.79. The van der Waals surface area contributed by atoms with Gasteiger partial charge in [-0.1, -0.05) is 0 Å². The number of carbonyl (C=O) groups excluding carboxylic acids is 1. The highest BCUT2D eigenvalue weighted by Crippen LogP contribution is 1.91. The first-order valence-electron chi connectivity index (χ1n) is 7.42. The summed E-state index contributed by atoms with van der Waals surface area (Å²) in [4.78, 5) is 15.3. The van der Waals surface area contributed by atoms with Gasteiger partial charge in [0.05, 0.1) is 6.61 Å². The Balaban J connectivity index is 3.50. The molecule has 0 atom stereocenters. The summed E-state index contributed by atoms with van der Waals surface area (Å²) < 4.78 is 10.1. The molecule has 20 heavy (non-hydrogen) atoms. The lowest BCUT2D eigenvalue weighted by atomic mass is 10.3. The summed E-state index contributed by atoms with van der Waals surface area (Å²) in [5, 5.41) is 6.40. The Morgan fingerprint density at radius 1 is 1.05 bits per heavy atom. The Kier molecular flexibility index (Phi) is 13.2. The van der Waals surface area contributed by atoms with Crippen LogP contribution in [0, 0.1) is 0 Å². The fraction of sp³-hybridized carbons (Fsp3) is 0.857. The van der Waals surface area contributed by atoms with E-state index in [9.17, 15) is 4.79 Å². The number of hydrogen-bond donors (Lipinski definition) is 2. The molecule has 0 aromatic carbocycles. The molecule has 0 saturated heterocycles. The Morgan fingerprint density at radius 3 is 2.35 bits per heavy atom. The predicted molar refractivity (Wildman–Crippen MR) is 81.0 cm³/mol. The number of ether oxygens (including phenoxy) is 2. The molecule has 0 aliphatic carbocycles. The molecule has 0 unspecified atom stereocenters. The monoisotopic (exact) mass is 287 g/mol. The summed E-state index contributed by atoms with van der Waals surface area (Å²) in [6.07, 6.45) is 3.26. The lowest BCUT2D eigenvalue weighted by Gasteiger charge is -2.11. The van der Waals surface area contributed by atoms with Gasteiger partial charge in [-0.05, 0) is 33.1 Å². The molecule has 6 heteroatoms. The maximum Gasteiger partial charge on any atom is 0.305 e. The maximum atomic E-state index is 11.1. The molecule has 0 rings (SSSR count). The van der Waals surface area contributed by atoms with E-state index in [-0.39, 0.29) is 5.97 Å². The van der Waals surface area contributed by atoms with E-state index in [2.05, 4.69) is 15.6 Å². The van der Waals surface area contributed by atoms with Gasteiger partial charge in [0.2, 0.25) is 0 Å². The Hall–Kier alpha value is -1.30. The van der Waals surface area contributed by atoms with E-state index >= 15 is 0 Å². The summed E-state index contributed by atoms with van der Waals surface area (Å²) in [6, 6.07) is 0. The van der Waals surface area contributed by atoms with Crippen LogP contribution < -0.4 is 10.6 Å². The fourth-order valence-electron chi connectivity index (χ4n) is 1.57. The molecule has 0 saturated carbocycles. The van der Waals surface area contributed by atoms with Crippen LogP contribution in [-0.2, 0) is 14.3 Å². The molecule has 0 aromatic rings. The minimum absolute atomic E-state index is 0.145. The summed E-state index contributed by atoms with van der Waals surface area (Å²) in [5.74, 6) is 0.624. The largest absolute Gasteiger partial charge is 0.466 e. The van der Waals surface area contributed by atoms with Gasteiger partial charge in [0.15, 0.2) is 5.96 Å².